The highest BCUT2D eigenvalue weighted by atomic mass is 79.9. The molecule has 0 fully saturated rings. The van der Waals surface area contributed by atoms with E-state index in [1.807, 2.05) is 54.6 Å². The number of halogens is 1. The maximum atomic E-state index is 12.5. The summed E-state index contributed by atoms with van der Waals surface area (Å²) in [5.74, 6) is -0.0260. The van der Waals surface area contributed by atoms with E-state index in [9.17, 15) is 4.79 Å². The summed E-state index contributed by atoms with van der Waals surface area (Å²) in [6.07, 6.45) is 0.355. The Bertz CT molecular complexity index is 1090. The van der Waals surface area contributed by atoms with Crippen LogP contribution in [0.1, 0.15) is 17.2 Å². The first-order valence-corrected chi connectivity index (χ1v) is 9.91. The quantitative estimate of drug-likeness (QED) is 0.441. The molecule has 3 N–H and O–H groups in total. The van der Waals surface area contributed by atoms with Crippen LogP contribution >= 0.6 is 27.3 Å². The minimum atomic E-state index is -0.0443. The molecule has 4 aromatic rings. The van der Waals surface area contributed by atoms with Crippen LogP contribution in [0.2, 0.25) is 0 Å². The molecule has 26 heavy (non-hydrogen) atoms. The largest absolute Gasteiger partial charge is 0.456 e. The monoisotopic (exact) mass is 428 g/mol. The maximum absolute atomic E-state index is 12.5. The van der Waals surface area contributed by atoms with Gasteiger partial charge in [-0.15, -0.1) is 11.3 Å². The molecular weight excluding hydrogens is 412 g/mol. The molecule has 0 saturated carbocycles. The number of hydrogen-bond donors (Lipinski definition) is 2. The number of nitrogens with one attached hydrogen (secondary N) is 1. The molecule has 1 unspecified atom stereocenters. The number of carbonyl (C=O) groups excluding carboxylic acids is 1. The van der Waals surface area contributed by atoms with Crippen LogP contribution in [0.25, 0.3) is 21.9 Å². The summed E-state index contributed by atoms with van der Waals surface area (Å²) < 4.78 is 6.87. The third-order valence-electron chi connectivity index (χ3n) is 4.37. The van der Waals surface area contributed by atoms with Crippen molar-refractivity contribution >= 4 is 60.8 Å². The molecule has 0 saturated heterocycles. The van der Waals surface area contributed by atoms with Gasteiger partial charge in [-0.2, -0.15) is 0 Å². The molecule has 2 aromatic carbocycles. The summed E-state index contributed by atoms with van der Waals surface area (Å²) in [5, 5.41) is 5.03. The van der Waals surface area contributed by atoms with Crippen LogP contribution in [0.15, 0.2) is 62.8 Å². The molecule has 132 valence electrons. The molecule has 0 aliphatic carbocycles. The number of furan rings is 1. The number of thiophene rings is 1. The van der Waals surface area contributed by atoms with E-state index in [2.05, 4.69) is 21.2 Å². The molecule has 0 aliphatic heterocycles. The van der Waals surface area contributed by atoms with Crippen molar-refractivity contribution in [2.45, 2.75) is 12.3 Å². The zero-order chi connectivity index (χ0) is 18.1. The number of nitrogens with two attached hydrogens (primary N) is 1. The zero-order valence-corrected chi connectivity index (χ0v) is 16.3. The first kappa shape index (κ1) is 17.3. The van der Waals surface area contributed by atoms with Crippen molar-refractivity contribution in [2.75, 3.05) is 11.9 Å². The Labute approximate surface area is 163 Å². The number of anilines is 1. The summed E-state index contributed by atoms with van der Waals surface area (Å²) in [7, 11) is 0. The standard InChI is InChI=1S/C20H17BrN2O2S/c21-19-8-7-18(26-19)12(11-22)9-20(24)23-13-5-6-17-15(10-13)14-3-1-2-4-16(14)25-17/h1-8,10,12H,9,11,22H2,(H,23,24). The Hall–Kier alpha value is -2.15. The van der Waals surface area contributed by atoms with E-state index in [1.54, 1.807) is 11.3 Å². The average Bonchev–Trinajstić information content (AvgIpc) is 3.23. The van der Waals surface area contributed by atoms with Gasteiger partial charge in [-0.3, -0.25) is 4.79 Å². The summed E-state index contributed by atoms with van der Waals surface area (Å²) in [6.45, 7) is 0.436. The van der Waals surface area contributed by atoms with Crippen LogP contribution in [0.3, 0.4) is 0 Å². The Morgan fingerprint density at radius 3 is 2.69 bits per heavy atom. The lowest BCUT2D eigenvalue weighted by atomic mass is 10.0. The molecule has 2 aromatic heterocycles. The van der Waals surface area contributed by atoms with Crippen molar-refractivity contribution in [3.63, 3.8) is 0 Å². The number of rotatable bonds is 5. The molecule has 4 nitrogen and oxygen atoms in total. The third kappa shape index (κ3) is 3.40. The fourth-order valence-electron chi connectivity index (χ4n) is 3.09. The molecule has 0 radical (unpaired) electrons. The van der Waals surface area contributed by atoms with Gasteiger partial charge in [-0.05, 0) is 52.3 Å². The van der Waals surface area contributed by atoms with Gasteiger partial charge in [0.2, 0.25) is 5.91 Å². The molecule has 2 heterocycles. The average molecular weight is 429 g/mol. The number of fused-ring (bicyclic) bond motifs is 3. The molecular formula is C20H17BrN2O2S. The molecule has 1 atom stereocenters. The molecule has 1 amide bonds. The lowest BCUT2D eigenvalue weighted by Gasteiger charge is -2.13. The van der Waals surface area contributed by atoms with Gasteiger partial charge in [0.1, 0.15) is 11.2 Å². The van der Waals surface area contributed by atoms with Gasteiger partial charge in [0.15, 0.2) is 0 Å². The second-order valence-corrected chi connectivity index (χ2v) is 8.63. The van der Waals surface area contributed by atoms with Gasteiger partial charge >= 0.3 is 0 Å². The lowest BCUT2D eigenvalue weighted by Crippen LogP contribution is -2.20. The Balaban J connectivity index is 1.54. The highest BCUT2D eigenvalue weighted by Gasteiger charge is 2.17. The van der Waals surface area contributed by atoms with Crippen LogP contribution in [-0.4, -0.2) is 12.5 Å². The Morgan fingerprint density at radius 1 is 1.12 bits per heavy atom. The minimum Gasteiger partial charge on any atom is -0.456 e. The van der Waals surface area contributed by atoms with Gasteiger partial charge < -0.3 is 15.5 Å². The van der Waals surface area contributed by atoms with E-state index in [4.69, 9.17) is 10.2 Å². The van der Waals surface area contributed by atoms with Gasteiger partial charge in [0.05, 0.1) is 3.79 Å². The predicted octanol–water partition coefficient (Wildman–Crippen LogP) is 5.48. The number of amides is 1. The normalized spacial score (nSPS) is 12.5. The van der Waals surface area contributed by atoms with E-state index in [0.29, 0.717) is 13.0 Å². The summed E-state index contributed by atoms with van der Waals surface area (Å²) in [4.78, 5) is 13.6. The van der Waals surface area contributed by atoms with Crippen LogP contribution in [0.5, 0.6) is 0 Å². The summed E-state index contributed by atoms with van der Waals surface area (Å²) in [6, 6.07) is 17.6. The van der Waals surface area contributed by atoms with Crippen molar-refractivity contribution in [1.29, 1.82) is 0 Å². The lowest BCUT2D eigenvalue weighted by molar-refractivity contribution is -0.116. The highest BCUT2D eigenvalue weighted by Crippen LogP contribution is 2.32. The number of benzene rings is 2. The Morgan fingerprint density at radius 2 is 1.92 bits per heavy atom. The third-order valence-corrected chi connectivity index (χ3v) is 6.16. The van der Waals surface area contributed by atoms with Gasteiger partial charge in [-0.25, -0.2) is 0 Å². The van der Waals surface area contributed by atoms with E-state index in [-0.39, 0.29) is 11.8 Å². The van der Waals surface area contributed by atoms with Crippen molar-refractivity contribution in [1.82, 2.24) is 0 Å². The molecule has 0 spiro atoms. The number of carbonyl (C=O) groups is 1. The van der Waals surface area contributed by atoms with Crippen LogP contribution in [0, 0.1) is 0 Å². The van der Waals surface area contributed by atoms with E-state index in [1.165, 1.54) is 0 Å². The highest BCUT2D eigenvalue weighted by molar-refractivity contribution is 9.11. The van der Waals surface area contributed by atoms with Crippen LogP contribution in [0.4, 0.5) is 5.69 Å². The fourth-order valence-corrected chi connectivity index (χ4v) is 4.62. The fraction of sp³-hybridized carbons (Fsp3) is 0.150. The second-order valence-electron chi connectivity index (χ2n) is 6.14. The smallest absolute Gasteiger partial charge is 0.225 e. The van der Waals surface area contributed by atoms with Crippen LogP contribution in [-0.2, 0) is 4.79 Å². The molecule has 6 heteroatoms. The van der Waals surface area contributed by atoms with Gasteiger partial charge in [-0.1, -0.05) is 18.2 Å². The van der Waals surface area contributed by atoms with Crippen molar-refractivity contribution in [3.05, 3.63) is 63.3 Å². The molecule has 4 rings (SSSR count). The van der Waals surface area contributed by atoms with Gasteiger partial charge in [0, 0.05) is 40.2 Å². The summed E-state index contributed by atoms with van der Waals surface area (Å²) in [5.41, 5.74) is 8.30. The van der Waals surface area contributed by atoms with E-state index in [0.717, 1.165) is 36.3 Å². The van der Waals surface area contributed by atoms with Crippen LogP contribution < -0.4 is 11.1 Å². The van der Waals surface area contributed by atoms with Crippen molar-refractivity contribution in [2.24, 2.45) is 5.73 Å². The maximum Gasteiger partial charge on any atom is 0.225 e. The van der Waals surface area contributed by atoms with Crippen molar-refractivity contribution < 1.29 is 9.21 Å². The van der Waals surface area contributed by atoms with Gasteiger partial charge in [0.25, 0.3) is 0 Å². The number of para-hydroxylation sites is 1. The minimum absolute atomic E-state index is 0.0183. The molecule has 0 aliphatic rings. The zero-order valence-electron chi connectivity index (χ0n) is 13.9. The van der Waals surface area contributed by atoms with E-state index >= 15 is 0 Å². The topological polar surface area (TPSA) is 68.3 Å². The predicted molar refractivity (Wildman–Crippen MR) is 111 cm³/mol. The molecule has 0 bridgehead atoms. The second kappa shape index (κ2) is 7.23. The number of hydrogen-bond acceptors (Lipinski definition) is 4. The first-order chi connectivity index (χ1) is 12.6. The SMILES string of the molecule is NCC(CC(=O)Nc1ccc2oc3ccccc3c2c1)c1ccc(Br)s1. The van der Waals surface area contributed by atoms with E-state index < -0.39 is 0 Å². The first-order valence-electron chi connectivity index (χ1n) is 8.30. The Kier molecular flexibility index (Phi) is 4.80. The summed E-state index contributed by atoms with van der Waals surface area (Å²) >= 11 is 5.07. The van der Waals surface area contributed by atoms with Crippen molar-refractivity contribution in [3.8, 4) is 0 Å².